The first-order valence-electron chi connectivity index (χ1n) is 8.42. The van der Waals surface area contributed by atoms with Crippen LogP contribution in [0.1, 0.15) is 24.8 Å². The van der Waals surface area contributed by atoms with Crippen molar-refractivity contribution in [3.05, 3.63) is 28.8 Å². The quantitative estimate of drug-likeness (QED) is 0.765. The van der Waals surface area contributed by atoms with Crippen LogP contribution in [0, 0.1) is 6.92 Å². The van der Waals surface area contributed by atoms with Crippen LogP contribution in [0.2, 0.25) is 5.02 Å². The van der Waals surface area contributed by atoms with Gasteiger partial charge in [0.1, 0.15) is 0 Å². The zero-order valence-corrected chi connectivity index (χ0v) is 17.0. The number of rotatable bonds is 5. The van der Waals surface area contributed by atoms with Gasteiger partial charge in [0.25, 0.3) is 0 Å². The van der Waals surface area contributed by atoms with Gasteiger partial charge in [-0.3, -0.25) is 9.59 Å². The zero-order chi connectivity index (χ0) is 19.8. The van der Waals surface area contributed by atoms with Crippen molar-refractivity contribution < 1.29 is 23.1 Å². The van der Waals surface area contributed by atoms with Crippen LogP contribution in [0.3, 0.4) is 0 Å². The molecule has 0 unspecified atom stereocenters. The Bertz CT molecular complexity index is 916. The molecule has 0 aliphatic carbocycles. The first kappa shape index (κ1) is 20.2. The molecule has 2 fully saturated rings. The highest BCUT2D eigenvalue weighted by atomic mass is 35.5. The molecule has 3 rings (SSSR count). The first-order chi connectivity index (χ1) is 12.7. The molecule has 1 amide bonds. The van der Waals surface area contributed by atoms with Crippen molar-refractivity contribution in [2.45, 2.75) is 37.5 Å². The SMILES string of the molecule is Cc1ccc(Cl)cc1N1C(=NC(=O)CCCC(=O)O)S[C@@H]2CS(=O)(=O)C[C@@H]21. The summed E-state index contributed by atoms with van der Waals surface area (Å²) in [7, 11) is -3.15. The lowest BCUT2D eigenvalue weighted by molar-refractivity contribution is -0.137. The largest absolute Gasteiger partial charge is 0.481 e. The Morgan fingerprint density at radius 3 is 2.78 bits per heavy atom. The van der Waals surface area contributed by atoms with Gasteiger partial charge in [-0.15, -0.1) is 0 Å². The lowest BCUT2D eigenvalue weighted by Gasteiger charge is -2.26. The van der Waals surface area contributed by atoms with Crippen molar-refractivity contribution in [2.75, 3.05) is 16.4 Å². The average molecular weight is 431 g/mol. The van der Waals surface area contributed by atoms with Crippen molar-refractivity contribution >= 4 is 55.9 Å². The molecule has 1 aromatic carbocycles. The number of amidine groups is 1. The van der Waals surface area contributed by atoms with Crippen LogP contribution < -0.4 is 4.90 Å². The molecule has 0 aromatic heterocycles. The summed E-state index contributed by atoms with van der Waals surface area (Å²) in [5, 5.41) is 9.45. The molecule has 0 spiro atoms. The second-order valence-electron chi connectivity index (χ2n) is 6.64. The van der Waals surface area contributed by atoms with E-state index < -0.39 is 21.7 Å². The summed E-state index contributed by atoms with van der Waals surface area (Å²) in [4.78, 5) is 28.8. The predicted molar refractivity (Wildman–Crippen MR) is 106 cm³/mol. The van der Waals surface area contributed by atoms with E-state index in [9.17, 15) is 18.0 Å². The van der Waals surface area contributed by atoms with Crippen molar-refractivity contribution in [3.63, 3.8) is 0 Å². The van der Waals surface area contributed by atoms with Crippen molar-refractivity contribution in [3.8, 4) is 0 Å². The van der Waals surface area contributed by atoms with Gasteiger partial charge in [0.05, 0.1) is 17.5 Å². The molecule has 146 valence electrons. The fourth-order valence-electron chi connectivity index (χ4n) is 3.24. The van der Waals surface area contributed by atoms with E-state index in [1.54, 1.807) is 17.0 Å². The average Bonchev–Trinajstić information content (AvgIpc) is 3.00. The Morgan fingerprint density at radius 1 is 1.33 bits per heavy atom. The molecule has 2 atom stereocenters. The topological polar surface area (TPSA) is 104 Å². The third kappa shape index (κ3) is 4.64. The van der Waals surface area contributed by atoms with Gasteiger partial charge in [0, 0.05) is 28.8 Å². The van der Waals surface area contributed by atoms with E-state index in [4.69, 9.17) is 16.7 Å². The molecule has 1 N–H and O–H groups in total. The maximum Gasteiger partial charge on any atom is 0.303 e. The number of carbonyl (C=O) groups is 2. The number of nitrogens with zero attached hydrogens (tertiary/aromatic N) is 2. The summed E-state index contributed by atoms with van der Waals surface area (Å²) in [5.41, 5.74) is 1.63. The molecule has 27 heavy (non-hydrogen) atoms. The fourth-order valence-corrected chi connectivity index (χ4v) is 7.33. The van der Waals surface area contributed by atoms with Gasteiger partial charge in [0.2, 0.25) is 5.91 Å². The molecule has 7 nitrogen and oxygen atoms in total. The summed E-state index contributed by atoms with van der Waals surface area (Å²) in [6.45, 7) is 1.89. The van der Waals surface area contributed by atoms with Gasteiger partial charge < -0.3 is 10.0 Å². The number of aliphatic carboxylic acids is 1. The zero-order valence-electron chi connectivity index (χ0n) is 14.6. The van der Waals surface area contributed by atoms with Gasteiger partial charge in [-0.1, -0.05) is 29.4 Å². The van der Waals surface area contributed by atoms with E-state index in [0.717, 1.165) is 11.3 Å². The third-order valence-corrected chi connectivity index (χ3v) is 7.94. The van der Waals surface area contributed by atoms with E-state index in [1.165, 1.54) is 11.8 Å². The number of hydrogen-bond donors (Lipinski definition) is 1. The Morgan fingerprint density at radius 2 is 2.07 bits per heavy atom. The Balaban J connectivity index is 1.91. The molecule has 2 saturated heterocycles. The van der Waals surface area contributed by atoms with E-state index in [2.05, 4.69) is 4.99 Å². The molecular formula is C17H19ClN2O5S2. The summed E-state index contributed by atoms with van der Waals surface area (Å²) >= 11 is 7.42. The molecule has 0 bridgehead atoms. The number of aliphatic imine (C=N–C) groups is 1. The number of thioether (sulfide) groups is 1. The smallest absolute Gasteiger partial charge is 0.303 e. The molecule has 2 aliphatic heterocycles. The molecule has 0 saturated carbocycles. The number of carboxylic acid groups (broad SMARTS) is 1. The maximum absolute atomic E-state index is 12.2. The number of carboxylic acids is 1. The normalized spacial score (nSPS) is 25.0. The highest BCUT2D eigenvalue weighted by Gasteiger charge is 2.49. The second-order valence-corrected chi connectivity index (χ2v) is 10.4. The second kappa shape index (κ2) is 7.81. The van der Waals surface area contributed by atoms with Crippen LogP contribution in [0.5, 0.6) is 0 Å². The lowest BCUT2D eigenvalue weighted by Crippen LogP contribution is -2.38. The number of hydrogen-bond acceptors (Lipinski definition) is 5. The minimum absolute atomic E-state index is 0.00282. The highest BCUT2D eigenvalue weighted by Crippen LogP contribution is 2.42. The number of halogens is 1. The standard InChI is InChI=1S/C17H19ClN2O5S2/c1-10-5-6-11(18)7-12(10)20-13-8-27(24,25)9-14(13)26-17(20)19-15(21)3-2-4-16(22)23/h5-7,13-14H,2-4,8-9H2,1H3,(H,22,23)/t13-,14+/m0/s1. The summed E-state index contributed by atoms with van der Waals surface area (Å²) in [6, 6.07) is 5.03. The number of aryl methyl sites for hydroxylation is 1. The molecule has 0 radical (unpaired) electrons. The number of amides is 1. The van der Waals surface area contributed by atoms with Crippen LogP contribution in [0.4, 0.5) is 5.69 Å². The summed E-state index contributed by atoms with van der Waals surface area (Å²) in [5.74, 6) is -1.32. The predicted octanol–water partition coefficient (Wildman–Crippen LogP) is 2.50. The van der Waals surface area contributed by atoms with E-state index in [0.29, 0.717) is 10.2 Å². The summed E-state index contributed by atoms with van der Waals surface area (Å²) < 4.78 is 24.2. The molecule has 2 aliphatic rings. The van der Waals surface area contributed by atoms with Gasteiger partial charge in [-0.05, 0) is 31.0 Å². The highest BCUT2D eigenvalue weighted by molar-refractivity contribution is 8.16. The molecular weight excluding hydrogens is 412 g/mol. The van der Waals surface area contributed by atoms with Crippen molar-refractivity contribution in [1.29, 1.82) is 0 Å². The lowest BCUT2D eigenvalue weighted by atomic mass is 10.1. The van der Waals surface area contributed by atoms with Crippen molar-refractivity contribution in [2.24, 2.45) is 4.99 Å². The fraction of sp³-hybridized carbons (Fsp3) is 0.471. The number of carbonyl (C=O) groups excluding carboxylic acids is 1. The summed E-state index contributed by atoms with van der Waals surface area (Å²) in [6.07, 6.45) is 0.156. The van der Waals surface area contributed by atoms with Crippen LogP contribution >= 0.6 is 23.4 Å². The number of anilines is 1. The maximum atomic E-state index is 12.2. The van der Waals surface area contributed by atoms with Crippen LogP contribution in [-0.2, 0) is 19.4 Å². The first-order valence-corrected chi connectivity index (χ1v) is 11.5. The third-order valence-electron chi connectivity index (χ3n) is 4.50. The molecule has 2 heterocycles. The van der Waals surface area contributed by atoms with Crippen LogP contribution in [0.15, 0.2) is 23.2 Å². The minimum Gasteiger partial charge on any atom is -0.481 e. The van der Waals surface area contributed by atoms with Gasteiger partial charge in [-0.2, -0.15) is 4.99 Å². The van der Waals surface area contributed by atoms with E-state index in [-0.39, 0.29) is 42.1 Å². The number of sulfone groups is 1. The number of benzene rings is 1. The van der Waals surface area contributed by atoms with Gasteiger partial charge in [-0.25, -0.2) is 8.42 Å². The molecule has 1 aromatic rings. The Hall–Kier alpha value is -1.58. The van der Waals surface area contributed by atoms with Crippen LogP contribution in [-0.4, -0.2) is 53.4 Å². The van der Waals surface area contributed by atoms with Gasteiger partial charge in [0.15, 0.2) is 15.0 Å². The van der Waals surface area contributed by atoms with E-state index >= 15 is 0 Å². The van der Waals surface area contributed by atoms with Crippen molar-refractivity contribution in [1.82, 2.24) is 0 Å². The Kier molecular flexibility index (Phi) is 5.83. The van der Waals surface area contributed by atoms with E-state index in [1.807, 2.05) is 13.0 Å². The monoisotopic (exact) mass is 430 g/mol. The van der Waals surface area contributed by atoms with Crippen LogP contribution in [0.25, 0.3) is 0 Å². The minimum atomic E-state index is -3.15. The molecule has 10 heteroatoms. The number of fused-ring (bicyclic) bond motifs is 1. The Labute approximate surface area is 166 Å². The van der Waals surface area contributed by atoms with Gasteiger partial charge >= 0.3 is 5.97 Å².